The van der Waals surface area contributed by atoms with Crippen molar-refractivity contribution in [1.29, 1.82) is 0 Å². The lowest BCUT2D eigenvalue weighted by atomic mass is 10.0. The van der Waals surface area contributed by atoms with Crippen LogP contribution in [-0.4, -0.2) is 10.3 Å². The molecule has 4 heteroatoms. The highest BCUT2D eigenvalue weighted by Gasteiger charge is 2.17. The first-order chi connectivity index (χ1) is 9.79. The van der Waals surface area contributed by atoms with Gasteiger partial charge in [0.15, 0.2) is 5.76 Å². The van der Waals surface area contributed by atoms with Crippen LogP contribution in [0.1, 0.15) is 5.56 Å². The molecular weight excluding hydrogens is 274 g/mol. The molecule has 0 fully saturated rings. The number of nitrogens with zero attached hydrogens (tertiary/aromatic N) is 1. The number of aliphatic hydroxyl groups is 1. The lowest BCUT2D eigenvalue weighted by Crippen LogP contribution is -1.88. The van der Waals surface area contributed by atoms with Crippen molar-refractivity contribution in [2.75, 3.05) is 0 Å². The van der Waals surface area contributed by atoms with Crippen molar-refractivity contribution in [1.82, 2.24) is 5.16 Å². The minimum atomic E-state index is -0.133. The molecule has 3 rings (SSSR count). The summed E-state index contributed by atoms with van der Waals surface area (Å²) in [5, 5.41) is 14.4. The van der Waals surface area contributed by atoms with E-state index in [4.69, 9.17) is 16.1 Å². The van der Waals surface area contributed by atoms with E-state index < -0.39 is 0 Å². The SMILES string of the molecule is OCc1c(-c2ccc(Cl)cc2)noc1-c1ccccc1. The summed E-state index contributed by atoms with van der Waals surface area (Å²) < 4.78 is 5.41. The van der Waals surface area contributed by atoms with E-state index in [-0.39, 0.29) is 6.61 Å². The third-order valence-electron chi connectivity index (χ3n) is 3.10. The van der Waals surface area contributed by atoms with Crippen molar-refractivity contribution >= 4 is 11.6 Å². The first-order valence-electron chi connectivity index (χ1n) is 6.20. The zero-order valence-corrected chi connectivity index (χ0v) is 11.3. The fraction of sp³-hybridized carbons (Fsp3) is 0.0625. The maximum absolute atomic E-state index is 9.64. The molecule has 3 aromatic rings. The Morgan fingerprint density at radius 3 is 2.30 bits per heavy atom. The van der Waals surface area contributed by atoms with Crippen molar-refractivity contribution in [2.24, 2.45) is 0 Å². The van der Waals surface area contributed by atoms with Gasteiger partial charge in [-0.05, 0) is 12.1 Å². The van der Waals surface area contributed by atoms with Gasteiger partial charge in [0.25, 0.3) is 0 Å². The number of hydrogen-bond donors (Lipinski definition) is 1. The van der Waals surface area contributed by atoms with Crippen LogP contribution in [0.15, 0.2) is 59.1 Å². The predicted octanol–water partition coefficient (Wildman–Crippen LogP) is 4.15. The summed E-state index contributed by atoms with van der Waals surface area (Å²) in [6, 6.07) is 16.9. The fourth-order valence-corrected chi connectivity index (χ4v) is 2.23. The fourth-order valence-electron chi connectivity index (χ4n) is 2.11. The molecule has 0 unspecified atom stereocenters. The Morgan fingerprint density at radius 2 is 1.65 bits per heavy atom. The lowest BCUT2D eigenvalue weighted by molar-refractivity contribution is 0.281. The smallest absolute Gasteiger partial charge is 0.173 e. The Balaban J connectivity index is 2.10. The van der Waals surface area contributed by atoms with E-state index in [2.05, 4.69) is 5.16 Å². The average Bonchev–Trinajstić information content (AvgIpc) is 2.93. The van der Waals surface area contributed by atoms with E-state index in [1.807, 2.05) is 42.5 Å². The molecule has 0 saturated carbocycles. The molecule has 0 bridgehead atoms. The maximum atomic E-state index is 9.64. The summed E-state index contributed by atoms with van der Waals surface area (Å²) in [6.45, 7) is -0.133. The normalized spacial score (nSPS) is 10.7. The topological polar surface area (TPSA) is 46.3 Å². The Hall–Kier alpha value is -2.10. The molecule has 0 aliphatic rings. The molecule has 100 valence electrons. The molecular formula is C16H12ClNO2. The second kappa shape index (κ2) is 5.49. The van der Waals surface area contributed by atoms with Gasteiger partial charge in [0.05, 0.1) is 12.2 Å². The minimum Gasteiger partial charge on any atom is -0.391 e. The lowest BCUT2D eigenvalue weighted by Gasteiger charge is -2.01. The van der Waals surface area contributed by atoms with Gasteiger partial charge >= 0.3 is 0 Å². The van der Waals surface area contributed by atoms with Crippen molar-refractivity contribution < 1.29 is 9.63 Å². The number of aromatic nitrogens is 1. The second-order valence-corrected chi connectivity index (χ2v) is 4.81. The monoisotopic (exact) mass is 285 g/mol. The summed E-state index contributed by atoms with van der Waals surface area (Å²) >= 11 is 5.88. The van der Waals surface area contributed by atoms with E-state index in [1.54, 1.807) is 12.1 Å². The second-order valence-electron chi connectivity index (χ2n) is 4.37. The number of rotatable bonds is 3. The van der Waals surface area contributed by atoms with Gasteiger partial charge in [-0.25, -0.2) is 0 Å². The molecule has 0 aliphatic carbocycles. The van der Waals surface area contributed by atoms with Crippen LogP contribution < -0.4 is 0 Å². The summed E-state index contributed by atoms with van der Waals surface area (Å²) in [4.78, 5) is 0. The molecule has 0 atom stereocenters. The van der Waals surface area contributed by atoms with Crippen LogP contribution in [0.3, 0.4) is 0 Å². The van der Waals surface area contributed by atoms with Crippen molar-refractivity contribution in [3.63, 3.8) is 0 Å². The zero-order chi connectivity index (χ0) is 13.9. The number of hydrogen-bond acceptors (Lipinski definition) is 3. The summed E-state index contributed by atoms with van der Waals surface area (Å²) in [7, 11) is 0. The van der Waals surface area contributed by atoms with Crippen LogP contribution in [0.25, 0.3) is 22.6 Å². The van der Waals surface area contributed by atoms with Crippen LogP contribution in [0.2, 0.25) is 5.02 Å². The number of halogens is 1. The first kappa shape index (κ1) is 12.9. The predicted molar refractivity (Wildman–Crippen MR) is 78.3 cm³/mol. The van der Waals surface area contributed by atoms with Crippen molar-refractivity contribution in [2.45, 2.75) is 6.61 Å². The van der Waals surface area contributed by atoms with Gasteiger partial charge < -0.3 is 9.63 Å². The van der Waals surface area contributed by atoms with E-state index in [0.29, 0.717) is 22.0 Å². The third kappa shape index (κ3) is 2.33. The maximum Gasteiger partial charge on any atom is 0.173 e. The highest BCUT2D eigenvalue weighted by molar-refractivity contribution is 6.30. The van der Waals surface area contributed by atoms with E-state index in [1.165, 1.54) is 0 Å². The van der Waals surface area contributed by atoms with Crippen LogP contribution in [0.4, 0.5) is 0 Å². The first-order valence-corrected chi connectivity index (χ1v) is 6.58. The van der Waals surface area contributed by atoms with Gasteiger partial charge in [-0.15, -0.1) is 0 Å². The van der Waals surface area contributed by atoms with Crippen molar-refractivity contribution in [3.8, 4) is 22.6 Å². The highest BCUT2D eigenvalue weighted by Crippen LogP contribution is 2.32. The largest absolute Gasteiger partial charge is 0.391 e. The quantitative estimate of drug-likeness (QED) is 0.786. The molecule has 0 radical (unpaired) electrons. The van der Waals surface area contributed by atoms with Crippen molar-refractivity contribution in [3.05, 3.63) is 65.2 Å². The van der Waals surface area contributed by atoms with Gasteiger partial charge in [-0.3, -0.25) is 0 Å². The van der Waals surface area contributed by atoms with Gasteiger partial charge in [-0.1, -0.05) is 59.2 Å². The van der Waals surface area contributed by atoms with Crippen LogP contribution in [-0.2, 0) is 6.61 Å². The molecule has 20 heavy (non-hydrogen) atoms. The molecule has 1 aromatic heterocycles. The number of benzene rings is 2. The van der Waals surface area contributed by atoms with E-state index >= 15 is 0 Å². The molecule has 0 spiro atoms. The Morgan fingerprint density at radius 1 is 0.950 bits per heavy atom. The van der Waals surface area contributed by atoms with Crippen LogP contribution in [0.5, 0.6) is 0 Å². The van der Waals surface area contributed by atoms with Gasteiger partial charge in [0.2, 0.25) is 0 Å². The standard InChI is InChI=1S/C16H12ClNO2/c17-13-8-6-11(7-9-13)15-14(10-19)16(20-18-15)12-4-2-1-3-5-12/h1-9,19H,10H2. The van der Waals surface area contributed by atoms with Crippen LogP contribution in [0, 0.1) is 0 Å². The number of aliphatic hydroxyl groups excluding tert-OH is 1. The molecule has 2 aromatic carbocycles. The molecule has 1 heterocycles. The molecule has 0 saturated heterocycles. The average molecular weight is 286 g/mol. The summed E-state index contributed by atoms with van der Waals surface area (Å²) in [5.74, 6) is 0.595. The Bertz CT molecular complexity index is 705. The Labute approximate surface area is 121 Å². The molecule has 3 nitrogen and oxygen atoms in total. The van der Waals surface area contributed by atoms with Gasteiger partial charge in [-0.2, -0.15) is 0 Å². The summed E-state index contributed by atoms with van der Waals surface area (Å²) in [6.07, 6.45) is 0. The van der Waals surface area contributed by atoms with Gasteiger partial charge in [0, 0.05) is 16.1 Å². The molecule has 0 amide bonds. The van der Waals surface area contributed by atoms with E-state index in [9.17, 15) is 5.11 Å². The zero-order valence-electron chi connectivity index (χ0n) is 10.6. The summed E-state index contributed by atoms with van der Waals surface area (Å²) in [5.41, 5.74) is 3.08. The minimum absolute atomic E-state index is 0.133. The Kier molecular flexibility index (Phi) is 3.54. The molecule has 0 aliphatic heterocycles. The van der Waals surface area contributed by atoms with E-state index in [0.717, 1.165) is 11.1 Å². The highest BCUT2D eigenvalue weighted by atomic mass is 35.5. The van der Waals surface area contributed by atoms with Crippen LogP contribution >= 0.6 is 11.6 Å². The molecule has 1 N–H and O–H groups in total. The third-order valence-corrected chi connectivity index (χ3v) is 3.35. The van der Waals surface area contributed by atoms with Gasteiger partial charge in [0.1, 0.15) is 5.69 Å².